The van der Waals surface area contributed by atoms with Gasteiger partial charge in [0.2, 0.25) is 23.3 Å². The number of aryl methyl sites for hydroxylation is 1. The van der Waals surface area contributed by atoms with Crippen LogP contribution in [-0.2, 0) is 36.6 Å². The largest absolute Gasteiger partial charge is 0.417 e. The number of aliphatic hydroxyl groups excluding tert-OH is 1. The summed E-state index contributed by atoms with van der Waals surface area (Å²) in [5.74, 6) is -2.69. The normalized spacial score (nSPS) is 16.5. The van der Waals surface area contributed by atoms with Crippen LogP contribution in [0.15, 0.2) is 89.3 Å². The molecule has 406 valence electrons. The van der Waals surface area contributed by atoms with Crippen LogP contribution in [0.2, 0.25) is 0 Å². The lowest BCUT2D eigenvalue weighted by Gasteiger charge is -2.35. The molecule has 4 heterocycles. The number of ether oxygens (including phenoxy) is 2. The van der Waals surface area contributed by atoms with Gasteiger partial charge in [-0.1, -0.05) is 63.2 Å². The zero-order chi connectivity index (χ0) is 54.7. The van der Waals surface area contributed by atoms with E-state index in [9.17, 15) is 47.0 Å². The lowest BCUT2D eigenvalue weighted by atomic mass is 9.85. The molecule has 76 heavy (non-hydrogen) atoms. The molecule has 22 heteroatoms. The summed E-state index contributed by atoms with van der Waals surface area (Å²) < 4.78 is 52.8. The molecule has 2 aliphatic rings. The summed E-state index contributed by atoms with van der Waals surface area (Å²) in [4.78, 5) is 91.8. The van der Waals surface area contributed by atoms with E-state index in [1.807, 2.05) is 70.0 Å². The highest BCUT2D eigenvalue weighted by Crippen LogP contribution is 2.36. The number of β-amino-alcohol motifs (C(OH)–C–C–N with tert-alkyl or cyclic N) is 1. The Bertz CT molecular complexity index is 2900. The zero-order valence-corrected chi connectivity index (χ0v) is 43.9. The molecule has 3 aromatic carbocycles. The van der Waals surface area contributed by atoms with Gasteiger partial charge in [-0.15, -0.1) is 11.3 Å². The highest BCUT2D eigenvalue weighted by molar-refractivity contribution is 7.13. The number of hydrogen-bond acceptors (Lipinski definition) is 13. The van der Waals surface area contributed by atoms with Gasteiger partial charge in [0.25, 0.3) is 11.8 Å². The van der Waals surface area contributed by atoms with Crippen molar-refractivity contribution < 1.29 is 51.7 Å². The summed E-state index contributed by atoms with van der Waals surface area (Å²) in [5, 5.41) is 21.7. The number of likely N-dealkylation sites (N-methyl/N-ethyl adjacent to an activating group) is 1. The van der Waals surface area contributed by atoms with E-state index in [-0.39, 0.29) is 70.5 Å². The summed E-state index contributed by atoms with van der Waals surface area (Å²) >= 11 is 1.55. The number of anilines is 2. The SMILES string of the molecule is Cc1ncsc1-c1ccc(CNC(=O)[C@@H]2C[C@@H](O)CN2C(=O)[C@@H](NC(=O)CCOCCOCCNC(=O)c2ccc(-c3ccc(N4CCN(C)CC4)c(NC(=O)c4c[nH]c(=O)cc4C(F)(F)F)c3)cc2)C(C)(C)C)cc1. The van der Waals surface area contributed by atoms with Gasteiger partial charge >= 0.3 is 6.18 Å². The van der Waals surface area contributed by atoms with Crippen molar-refractivity contribution >= 4 is 52.2 Å². The number of H-pyrrole nitrogens is 1. The van der Waals surface area contributed by atoms with Gasteiger partial charge in [0.1, 0.15) is 12.1 Å². The molecule has 0 unspecified atom stereocenters. The van der Waals surface area contributed by atoms with Gasteiger partial charge in [0, 0.05) is 76.5 Å². The van der Waals surface area contributed by atoms with Crippen molar-refractivity contribution in [3.05, 3.63) is 123 Å². The van der Waals surface area contributed by atoms with Gasteiger partial charge in [-0.3, -0.25) is 28.8 Å². The Morgan fingerprint density at radius 3 is 2.18 bits per heavy atom. The summed E-state index contributed by atoms with van der Waals surface area (Å²) in [6, 6.07) is 18.2. The maximum atomic E-state index is 14.0. The lowest BCUT2D eigenvalue weighted by Crippen LogP contribution is -2.57. The molecule has 5 amide bonds. The van der Waals surface area contributed by atoms with Crippen LogP contribution in [0.25, 0.3) is 21.6 Å². The van der Waals surface area contributed by atoms with Crippen molar-refractivity contribution in [1.82, 2.24) is 35.7 Å². The smallest absolute Gasteiger partial charge is 0.391 e. The molecular formula is C54H64F3N9O9S. The number of benzene rings is 3. The monoisotopic (exact) mass is 1070 g/mol. The number of piperazine rings is 1. The topological polar surface area (TPSA) is 228 Å². The van der Waals surface area contributed by atoms with Crippen molar-refractivity contribution in [2.75, 3.05) is 83.0 Å². The number of rotatable bonds is 20. The molecule has 0 aliphatic carbocycles. The van der Waals surface area contributed by atoms with Crippen LogP contribution in [-0.4, -0.2) is 145 Å². The fourth-order valence-corrected chi connectivity index (χ4v) is 9.69. The second-order valence-corrected chi connectivity index (χ2v) is 20.7. The first-order chi connectivity index (χ1) is 36.2. The fraction of sp³-hybridized carbons (Fsp3) is 0.426. The number of halogens is 3. The number of carbonyl (C=O) groups excluding carboxylic acids is 5. The predicted molar refractivity (Wildman–Crippen MR) is 282 cm³/mol. The Kier molecular flexibility index (Phi) is 18.8. The van der Waals surface area contributed by atoms with Crippen molar-refractivity contribution in [1.29, 1.82) is 0 Å². The van der Waals surface area contributed by atoms with Gasteiger partial charge in [-0.2, -0.15) is 13.2 Å². The average molecular weight is 1070 g/mol. The lowest BCUT2D eigenvalue weighted by molar-refractivity contribution is -0.144. The Hall–Kier alpha value is -6.98. The van der Waals surface area contributed by atoms with Crippen molar-refractivity contribution in [2.45, 2.75) is 71.4 Å². The number of aromatic nitrogens is 2. The van der Waals surface area contributed by atoms with E-state index in [0.29, 0.717) is 41.5 Å². The number of nitrogens with zero attached hydrogens (tertiary/aromatic N) is 4. The maximum Gasteiger partial charge on any atom is 0.417 e. The maximum absolute atomic E-state index is 14.0. The number of pyridine rings is 1. The van der Waals surface area contributed by atoms with E-state index >= 15 is 0 Å². The highest BCUT2D eigenvalue weighted by atomic mass is 32.1. The molecule has 7 rings (SSSR count). The third kappa shape index (κ3) is 14.9. The fourth-order valence-electron chi connectivity index (χ4n) is 8.88. The van der Waals surface area contributed by atoms with Gasteiger partial charge < -0.3 is 55.5 Å². The Balaban J connectivity index is 0.829. The third-order valence-electron chi connectivity index (χ3n) is 13.1. The highest BCUT2D eigenvalue weighted by Gasteiger charge is 2.44. The van der Waals surface area contributed by atoms with Crippen LogP contribution in [0.3, 0.4) is 0 Å². The van der Waals surface area contributed by atoms with Crippen LogP contribution in [0.1, 0.15) is 71.1 Å². The zero-order valence-electron chi connectivity index (χ0n) is 43.1. The molecule has 2 saturated heterocycles. The van der Waals surface area contributed by atoms with Crippen molar-refractivity contribution in [2.24, 2.45) is 5.41 Å². The Labute approximate surface area is 442 Å². The summed E-state index contributed by atoms with van der Waals surface area (Å²) in [6.45, 7) is 11.0. The molecule has 0 bridgehead atoms. The minimum Gasteiger partial charge on any atom is -0.391 e. The van der Waals surface area contributed by atoms with E-state index < -0.39 is 70.1 Å². The standard InChI is InChI=1S/C54H64F3N9O9S/c1-33-47(76-32-61-33)36-8-6-34(7-9-36)29-60-51(72)44-27-39(67)31-66(44)52(73)48(53(2,3)4)63-45(68)16-22-74-24-25-75-23-17-58-49(70)37-12-10-35(11-13-37)38-14-15-43(65-20-18-64(5)19-21-65)42(26-38)62-50(71)40-30-59-46(69)28-41(40)54(55,56)57/h6-15,26,28,30,32,39,44,48,67H,16-25,27,29,31H2,1-5H3,(H,58,70)(H,59,69)(H,60,72)(H,62,71)(H,63,68)/t39-,44+,48-/m1/s1. The first kappa shape index (κ1) is 56.7. The molecule has 18 nitrogen and oxygen atoms in total. The molecule has 5 aromatic rings. The van der Waals surface area contributed by atoms with Crippen molar-refractivity contribution in [3.63, 3.8) is 0 Å². The molecule has 2 aliphatic heterocycles. The van der Waals surface area contributed by atoms with Gasteiger partial charge in [-0.05, 0) is 65.9 Å². The molecule has 0 radical (unpaired) electrons. The molecular weight excluding hydrogens is 1010 g/mol. The van der Waals surface area contributed by atoms with Gasteiger partial charge in [0.15, 0.2) is 0 Å². The average Bonchev–Trinajstić information content (AvgIpc) is 4.02. The number of likely N-dealkylation sites (tertiary alicyclic amines) is 1. The van der Waals surface area contributed by atoms with E-state index in [0.717, 1.165) is 41.0 Å². The first-order valence-corrected chi connectivity index (χ1v) is 25.8. The van der Waals surface area contributed by atoms with Crippen LogP contribution >= 0.6 is 11.3 Å². The molecule has 2 fully saturated rings. The summed E-state index contributed by atoms with van der Waals surface area (Å²) in [7, 11) is 1.98. The van der Waals surface area contributed by atoms with E-state index in [1.165, 1.54) is 4.90 Å². The Morgan fingerprint density at radius 2 is 1.53 bits per heavy atom. The number of aliphatic hydroxyl groups is 1. The number of nitrogens with one attached hydrogen (secondary N) is 5. The Morgan fingerprint density at radius 1 is 0.855 bits per heavy atom. The van der Waals surface area contributed by atoms with Crippen LogP contribution in [0.4, 0.5) is 24.5 Å². The molecule has 2 aromatic heterocycles. The van der Waals surface area contributed by atoms with Crippen LogP contribution in [0, 0.1) is 12.3 Å². The molecule has 0 spiro atoms. The van der Waals surface area contributed by atoms with Crippen LogP contribution in [0.5, 0.6) is 0 Å². The number of amides is 5. The van der Waals surface area contributed by atoms with E-state index in [1.54, 1.807) is 53.2 Å². The number of carbonyl (C=O) groups is 5. The molecule has 3 atom stereocenters. The minimum absolute atomic E-state index is 0.0428. The quantitative estimate of drug-likeness (QED) is 0.0535. The number of alkyl halides is 3. The number of hydrogen-bond donors (Lipinski definition) is 6. The van der Waals surface area contributed by atoms with Gasteiger partial charge in [0.05, 0.1) is 71.1 Å². The number of thiazole rings is 1. The van der Waals surface area contributed by atoms with Crippen molar-refractivity contribution in [3.8, 4) is 21.6 Å². The predicted octanol–water partition coefficient (Wildman–Crippen LogP) is 5.46. The second kappa shape index (κ2) is 25.2. The minimum atomic E-state index is -4.94. The van der Waals surface area contributed by atoms with E-state index in [2.05, 4.69) is 36.1 Å². The molecule has 6 N–H and O–H groups in total. The van der Waals surface area contributed by atoms with Crippen LogP contribution < -0.4 is 31.7 Å². The van der Waals surface area contributed by atoms with Gasteiger partial charge in [-0.25, -0.2) is 4.98 Å². The summed E-state index contributed by atoms with van der Waals surface area (Å²) in [6.07, 6.45) is -5.07. The van der Waals surface area contributed by atoms with E-state index in [4.69, 9.17) is 9.47 Å². The second-order valence-electron chi connectivity index (χ2n) is 19.9. The summed E-state index contributed by atoms with van der Waals surface area (Å²) in [5.41, 5.74) is 3.40. The third-order valence-corrected chi connectivity index (χ3v) is 14.1. The first-order valence-electron chi connectivity index (χ1n) is 24.9. The molecule has 0 saturated carbocycles. The number of aromatic amines is 1.